The van der Waals surface area contributed by atoms with Crippen molar-refractivity contribution in [2.45, 2.75) is 0 Å². The van der Waals surface area contributed by atoms with Gasteiger partial charge in [-0.15, -0.1) is 0 Å². The van der Waals surface area contributed by atoms with E-state index in [0.29, 0.717) is 0 Å². The number of halogens is 3. The number of hydrogen-bond donors (Lipinski definition) is 0. The molecule has 0 saturated carbocycles. The van der Waals surface area contributed by atoms with Gasteiger partial charge in [0.05, 0.1) is 0 Å². The quantitative estimate of drug-likeness (QED) is 0.294. The van der Waals surface area contributed by atoms with Crippen molar-refractivity contribution in [2.75, 3.05) is 0 Å². The van der Waals surface area contributed by atoms with Crippen LogP contribution in [0.1, 0.15) is 0 Å². The van der Waals surface area contributed by atoms with E-state index in [9.17, 15) is 0 Å². The van der Waals surface area contributed by atoms with E-state index in [2.05, 4.69) is 0 Å². The van der Waals surface area contributed by atoms with Crippen molar-refractivity contribution < 1.29 is 70.3 Å². The molecular weight excluding hydrogens is 237 g/mol. The maximum atomic E-state index is 4.87. The van der Waals surface area contributed by atoms with Crippen LogP contribution in [-0.4, -0.2) is 0 Å². The minimum atomic E-state index is -0.466. The average Bonchev–Trinajstić information content (AvgIpc) is 0.918. The van der Waals surface area contributed by atoms with Crippen LogP contribution >= 0.6 is 17.8 Å². The average molecular weight is 237 g/mol. The van der Waals surface area contributed by atoms with E-state index < -0.39 is 18.9 Å². The van der Waals surface area contributed by atoms with Gasteiger partial charge in [0.25, 0.3) is 0 Å². The first kappa shape index (κ1) is 10.0. The molecule has 0 aliphatic rings. The van der Waals surface area contributed by atoms with E-state index in [0.717, 1.165) is 0 Å². The molecule has 0 aliphatic carbocycles. The Morgan fingerprint density at radius 3 is 1.25 bits per heavy atom. The molecule has 4 heteroatoms. The summed E-state index contributed by atoms with van der Waals surface area (Å²) in [6.07, 6.45) is 0. The van der Waals surface area contributed by atoms with Gasteiger partial charge in [-0.25, -0.2) is 0 Å². The van der Waals surface area contributed by atoms with Crippen molar-refractivity contribution in [1.82, 2.24) is 0 Å². The van der Waals surface area contributed by atoms with E-state index in [1.807, 2.05) is 0 Å². The zero-order chi connectivity index (χ0) is 2.71. The van der Waals surface area contributed by atoms with Crippen LogP contribution in [0.3, 0.4) is 0 Å². The molecule has 0 radical (unpaired) electrons. The van der Waals surface area contributed by atoms with Gasteiger partial charge in [-0.05, 0) is 0 Å². The minimum Gasteiger partial charge on any atom is 1.00 e. The van der Waals surface area contributed by atoms with Crippen LogP contribution in [0.4, 0.5) is 0 Å². The molecule has 22 valence electrons. The summed E-state index contributed by atoms with van der Waals surface area (Å²) in [5.41, 5.74) is 0. The second-order valence-corrected chi connectivity index (χ2v) is 3.26. The van der Waals surface area contributed by atoms with Gasteiger partial charge in [0.2, 0.25) is 0 Å². The fraction of sp³-hybridized carbons (Fsp3) is 0. The van der Waals surface area contributed by atoms with Gasteiger partial charge >= 0.3 is 88.2 Å². The molecule has 0 amide bonds. The first-order valence-corrected chi connectivity index (χ1v) is 5.75. The second-order valence-electron chi connectivity index (χ2n) is 0.0540. The van der Waals surface area contributed by atoms with Crippen molar-refractivity contribution in [1.29, 1.82) is 0 Å². The smallest absolute Gasteiger partial charge is 1.00 e. The normalized spacial score (nSPS) is 5.50. The Morgan fingerprint density at radius 2 is 1.25 bits per heavy atom. The fourth-order valence-electron chi connectivity index (χ4n) is 0. The van der Waals surface area contributed by atoms with E-state index in [1.54, 1.807) is 0 Å². The van der Waals surface area contributed by atoms with Crippen LogP contribution in [0.15, 0.2) is 0 Å². The maximum absolute atomic E-state index is 4.87. The fourth-order valence-corrected chi connectivity index (χ4v) is 0. The Morgan fingerprint density at radius 1 is 1.25 bits per heavy atom. The minimum absolute atomic E-state index is 0. The Hall–Kier alpha value is 2.95. The molecule has 0 bridgehead atoms. The first-order chi connectivity index (χ1) is 1.41. The number of hydrogen-bond acceptors (Lipinski definition) is 0. The second kappa shape index (κ2) is 9.34. The van der Waals surface area contributed by atoms with Crippen molar-refractivity contribution in [2.24, 2.45) is 0 Å². The molecule has 0 aromatic carbocycles. The first-order valence-electron chi connectivity index (χ1n) is 0.286. The summed E-state index contributed by atoms with van der Waals surface area (Å²) in [5, 5.41) is 0. The Balaban J connectivity index is 0. The van der Waals surface area contributed by atoms with Crippen LogP contribution in [0, 0.1) is 0 Å². The van der Waals surface area contributed by atoms with Crippen molar-refractivity contribution >= 4 is 17.8 Å². The SMILES string of the molecule is Cl[I-]Cl.[K+]. The molecule has 0 rings (SSSR count). The van der Waals surface area contributed by atoms with Crippen molar-refractivity contribution in [3.63, 3.8) is 0 Å². The van der Waals surface area contributed by atoms with Crippen LogP contribution < -0.4 is 70.3 Å². The Bertz CT molecular complexity index is 6.00. The van der Waals surface area contributed by atoms with Gasteiger partial charge in [0.1, 0.15) is 0 Å². The van der Waals surface area contributed by atoms with Crippen molar-refractivity contribution in [3.8, 4) is 0 Å². The summed E-state index contributed by atoms with van der Waals surface area (Å²) in [7, 11) is 9.75. The molecule has 0 nitrogen and oxygen atoms in total. The molecule has 0 spiro atoms. The maximum Gasteiger partial charge on any atom is 1.00 e. The third-order valence-corrected chi connectivity index (χ3v) is 0. The molecule has 0 aliphatic heterocycles. The van der Waals surface area contributed by atoms with Gasteiger partial charge in [-0.1, -0.05) is 0 Å². The van der Waals surface area contributed by atoms with Crippen molar-refractivity contribution in [3.05, 3.63) is 0 Å². The predicted octanol–water partition coefficient (Wildman–Crippen LogP) is -4.61. The zero-order valence-electron chi connectivity index (χ0n) is 2.13. The molecule has 0 saturated heterocycles. The summed E-state index contributed by atoms with van der Waals surface area (Å²) >= 11 is -0.466. The Kier molecular flexibility index (Phi) is 23.4. The van der Waals surface area contributed by atoms with E-state index in [4.69, 9.17) is 17.8 Å². The van der Waals surface area contributed by atoms with E-state index >= 15 is 0 Å². The molecule has 0 unspecified atom stereocenters. The molecule has 0 N–H and O–H groups in total. The molecule has 0 aromatic rings. The van der Waals surface area contributed by atoms with Crippen LogP contribution in [-0.2, 0) is 0 Å². The predicted molar refractivity (Wildman–Crippen MR) is 11.7 cm³/mol. The van der Waals surface area contributed by atoms with E-state index in [-0.39, 0.29) is 51.4 Å². The summed E-state index contributed by atoms with van der Waals surface area (Å²) in [5.74, 6) is 0. The van der Waals surface area contributed by atoms with Gasteiger partial charge in [-0.3, -0.25) is 0 Å². The molecule has 0 atom stereocenters. The van der Waals surface area contributed by atoms with E-state index in [1.165, 1.54) is 0 Å². The zero-order valence-corrected chi connectivity index (χ0v) is 8.93. The third kappa shape index (κ3) is 8.87. The van der Waals surface area contributed by atoms with Gasteiger partial charge in [-0.2, -0.15) is 0 Å². The summed E-state index contributed by atoms with van der Waals surface area (Å²) in [4.78, 5) is 0. The molecular formula is Cl2IK. The molecule has 0 heterocycles. The van der Waals surface area contributed by atoms with Gasteiger partial charge in [0.15, 0.2) is 0 Å². The summed E-state index contributed by atoms with van der Waals surface area (Å²) in [6.45, 7) is 0. The standard InChI is InChI=1S/Cl2I.K/c1-3-2;/q-1;+1. The molecule has 4 heavy (non-hydrogen) atoms. The largest absolute Gasteiger partial charge is 1.00 e. The topological polar surface area (TPSA) is 0 Å². The van der Waals surface area contributed by atoms with Crippen LogP contribution in [0.5, 0.6) is 0 Å². The monoisotopic (exact) mass is 236 g/mol. The van der Waals surface area contributed by atoms with Crippen LogP contribution in [0.25, 0.3) is 0 Å². The van der Waals surface area contributed by atoms with Gasteiger partial charge in [0, 0.05) is 0 Å². The van der Waals surface area contributed by atoms with Crippen LogP contribution in [0.2, 0.25) is 0 Å². The Labute approximate surface area is 85.7 Å². The summed E-state index contributed by atoms with van der Waals surface area (Å²) < 4.78 is 0. The molecule has 0 aromatic heterocycles. The summed E-state index contributed by atoms with van der Waals surface area (Å²) in [6, 6.07) is 0. The van der Waals surface area contributed by atoms with Gasteiger partial charge < -0.3 is 0 Å². The third-order valence-electron chi connectivity index (χ3n) is 0. The molecule has 0 fully saturated rings. The number of rotatable bonds is 0.